The first-order chi connectivity index (χ1) is 15.0. The minimum absolute atomic E-state index is 0.193. The van der Waals surface area contributed by atoms with Gasteiger partial charge in [-0.25, -0.2) is 0 Å². The first-order valence-corrected chi connectivity index (χ1v) is 10.6. The molecule has 0 saturated carbocycles. The van der Waals surface area contributed by atoms with E-state index in [1.54, 1.807) is 36.4 Å². The van der Waals surface area contributed by atoms with Crippen LogP contribution in [0.3, 0.4) is 0 Å². The zero-order valence-electron chi connectivity index (χ0n) is 19.0. The lowest BCUT2D eigenvalue weighted by Gasteiger charge is -2.33. The summed E-state index contributed by atoms with van der Waals surface area (Å²) in [5, 5.41) is 20.7. The predicted molar refractivity (Wildman–Crippen MR) is 124 cm³/mol. The van der Waals surface area contributed by atoms with Crippen molar-refractivity contribution in [1.29, 1.82) is 0 Å². The Hall–Kier alpha value is -2.77. The van der Waals surface area contributed by atoms with Gasteiger partial charge in [0.1, 0.15) is 17.6 Å². The number of aliphatic hydroxyl groups excluding tert-OH is 1. The van der Waals surface area contributed by atoms with Gasteiger partial charge in [-0.3, -0.25) is 9.59 Å². The van der Waals surface area contributed by atoms with Gasteiger partial charge in [0.15, 0.2) is 0 Å². The molecule has 0 aliphatic rings. The number of ether oxygens (including phenoxy) is 2. The van der Waals surface area contributed by atoms with Crippen molar-refractivity contribution in [3.8, 4) is 11.5 Å². The highest BCUT2D eigenvalue weighted by atomic mass is 35.5. The van der Waals surface area contributed by atoms with Gasteiger partial charge in [0.25, 0.3) is 0 Å². The van der Waals surface area contributed by atoms with E-state index in [1.807, 2.05) is 20.8 Å². The van der Waals surface area contributed by atoms with Crippen molar-refractivity contribution >= 4 is 29.2 Å². The summed E-state index contributed by atoms with van der Waals surface area (Å²) in [4.78, 5) is 25.7. The van der Waals surface area contributed by atoms with E-state index in [2.05, 4.69) is 0 Å². The number of halogens is 1. The standard InChI is InChI=1S/C24H30ClNO6/c1-24(2,3)14-26(20(27)10-11-21(28)29)22-17(12-15(25)13-19(22)32-5)23(30)16-8-6-7-9-18(16)31-4/h6-9,12-13,23,30H,10-11,14H2,1-5H3,(H,28,29). The van der Waals surface area contributed by atoms with Crippen molar-refractivity contribution < 1.29 is 29.3 Å². The third-order valence-electron chi connectivity index (χ3n) is 4.77. The van der Waals surface area contributed by atoms with Gasteiger partial charge in [0.05, 0.1) is 26.3 Å². The first kappa shape index (κ1) is 25.5. The summed E-state index contributed by atoms with van der Waals surface area (Å²) in [6, 6.07) is 10.2. The second kappa shape index (κ2) is 10.7. The summed E-state index contributed by atoms with van der Waals surface area (Å²) < 4.78 is 10.9. The molecule has 0 aliphatic carbocycles. The Kier molecular flexibility index (Phi) is 8.52. The average molecular weight is 464 g/mol. The Morgan fingerprint density at radius 2 is 1.66 bits per heavy atom. The Morgan fingerprint density at radius 1 is 1.03 bits per heavy atom. The predicted octanol–water partition coefficient (Wildman–Crippen LogP) is 4.68. The summed E-state index contributed by atoms with van der Waals surface area (Å²) in [5.74, 6) is -0.679. The number of benzene rings is 2. The molecular weight excluding hydrogens is 434 g/mol. The molecule has 1 atom stereocenters. The Labute approximate surface area is 193 Å². The van der Waals surface area contributed by atoms with E-state index in [0.29, 0.717) is 33.3 Å². The molecule has 2 aromatic carbocycles. The van der Waals surface area contributed by atoms with E-state index in [0.717, 1.165) is 0 Å². The van der Waals surface area contributed by atoms with Gasteiger partial charge in [0.2, 0.25) is 5.91 Å². The van der Waals surface area contributed by atoms with E-state index >= 15 is 0 Å². The van der Waals surface area contributed by atoms with Gasteiger partial charge in [0, 0.05) is 35.2 Å². The molecule has 2 aromatic rings. The maximum Gasteiger partial charge on any atom is 0.303 e. The molecule has 0 saturated heterocycles. The van der Waals surface area contributed by atoms with Crippen molar-refractivity contribution in [3.05, 3.63) is 52.5 Å². The number of carbonyl (C=O) groups excluding carboxylic acids is 1. The Balaban J connectivity index is 2.71. The van der Waals surface area contributed by atoms with Crippen molar-refractivity contribution in [3.63, 3.8) is 0 Å². The van der Waals surface area contributed by atoms with Crippen LogP contribution in [0.5, 0.6) is 11.5 Å². The van der Waals surface area contributed by atoms with Gasteiger partial charge < -0.3 is 24.6 Å². The number of aliphatic hydroxyl groups is 1. The van der Waals surface area contributed by atoms with Crippen molar-refractivity contribution in [2.45, 2.75) is 39.7 Å². The summed E-state index contributed by atoms with van der Waals surface area (Å²) in [5.41, 5.74) is 0.873. The number of aliphatic carboxylic acids is 1. The summed E-state index contributed by atoms with van der Waals surface area (Å²) in [7, 11) is 2.96. The molecule has 7 nitrogen and oxygen atoms in total. The quantitative estimate of drug-likeness (QED) is 0.560. The molecule has 0 spiro atoms. The van der Waals surface area contributed by atoms with E-state index in [-0.39, 0.29) is 24.8 Å². The van der Waals surface area contributed by atoms with Crippen LogP contribution in [0.1, 0.15) is 50.8 Å². The van der Waals surface area contributed by atoms with Crippen molar-refractivity contribution in [1.82, 2.24) is 0 Å². The molecule has 0 bridgehead atoms. The van der Waals surface area contributed by atoms with Crippen LogP contribution in [0.25, 0.3) is 0 Å². The molecular formula is C24H30ClNO6. The van der Waals surface area contributed by atoms with Crippen LogP contribution in [0, 0.1) is 5.41 Å². The van der Waals surface area contributed by atoms with E-state index in [4.69, 9.17) is 26.2 Å². The molecule has 2 rings (SSSR count). The topological polar surface area (TPSA) is 96.3 Å². The minimum Gasteiger partial charge on any atom is -0.496 e. The smallest absolute Gasteiger partial charge is 0.303 e. The number of amides is 1. The van der Waals surface area contributed by atoms with Gasteiger partial charge in [-0.05, 0) is 17.5 Å². The van der Waals surface area contributed by atoms with Gasteiger partial charge in [-0.15, -0.1) is 0 Å². The lowest BCUT2D eigenvalue weighted by Crippen LogP contribution is -2.39. The zero-order chi connectivity index (χ0) is 24.1. The average Bonchev–Trinajstić information content (AvgIpc) is 2.74. The van der Waals surface area contributed by atoms with Crippen molar-refractivity contribution in [2.24, 2.45) is 5.41 Å². The fourth-order valence-corrected chi connectivity index (χ4v) is 3.64. The largest absolute Gasteiger partial charge is 0.496 e. The molecule has 0 heterocycles. The fraction of sp³-hybridized carbons (Fsp3) is 0.417. The monoisotopic (exact) mass is 463 g/mol. The molecule has 1 amide bonds. The number of para-hydroxylation sites is 1. The van der Waals surface area contributed by atoms with Crippen molar-refractivity contribution in [2.75, 3.05) is 25.7 Å². The van der Waals surface area contributed by atoms with Crippen LogP contribution in [-0.4, -0.2) is 42.9 Å². The molecule has 32 heavy (non-hydrogen) atoms. The second-order valence-corrected chi connectivity index (χ2v) is 9.06. The number of rotatable bonds is 9. The van der Waals surface area contributed by atoms with Gasteiger partial charge in [-0.1, -0.05) is 50.6 Å². The lowest BCUT2D eigenvalue weighted by atomic mass is 9.93. The molecule has 0 radical (unpaired) electrons. The van der Waals surface area contributed by atoms with Crippen LogP contribution < -0.4 is 14.4 Å². The highest BCUT2D eigenvalue weighted by molar-refractivity contribution is 6.31. The number of anilines is 1. The number of carbonyl (C=O) groups is 2. The van der Waals surface area contributed by atoms with E-state index in [1.165, 1.54) is 19.1 Å². The summed E-state index contributed by atoms with van der Waals surface area (Å²) in [6.45, 7) is 6.16. The molecule has 0 aromatic heterocycles. The number of nitrogens with zero attached hydrogens (tertiary/aromatic N) is 1. The number of methoxy groups -OCH3 is 2. The number of carboxylic acid groups (broad SMARTS) is 1. The molecule has 174 valence electrons. The second-order valence-electron chi connectivity index (χ2n) is 8.62. The third kappa shape index (κ3) is 6.37. The Morgan fingerprint density at radius 3 is 2.22 bits per heavy atom. The van der Waals surface area contributed by atoms with E-state index in [9.17, 15) is 14.7 Å². The normalized spacial score (nSPS) is 12.2. The first-order valence-electron chi connectivity index (χ1n) is 10.2. The van der Waals surface area contributed by atoms with Crippen LogP contribution in [0.15, 0.2) is 36.4 Å². The summed E-state index contributed by atoms with van der Waals surface area (Å²) >= 11 is 6.32. The van der Waals surface area contributed by atoms with E-state index < -0.39 is 18.0 Å². The maximum atomic E-state index is 13.2. The van der Waals surface area contributed by atoms with Crippen LogP contribution in [0.2, 0.25) is 5.02 Å². The Bertz CT molecular complexity index is 969. The van der Waals surface area contributed by atoms with Crippen LogP contribution in [-0.2, 0) is 9.59 Å². The molecule has 1 unspecified atom stereocenters. The number of hydrogen-bond acceptors (Lipinski definition) is 5. The minimum atomic E-state index is -1.18. The molecule has 0 fully saturated rings. The number of hydrogen-bond donors (Lipinski definition) is 2. The van der Waals surface area contributed by atoms with Crippen LogP contribution in [0.4, 0.5) is 5.69 Å². The van der Waals surface area contributed by atoms with Gasteiger partial charge in [-0.2, -0.15) is 0 Å². The molecule has 8 heteroatoms. The van der Waals surface area contributed by atoms with Gasteiger partial charge >= 0.3 is 5.97 Å². The lowest BCUT2D eigenvalue weighted by molar-refractivity contribution is -0.138. The summed E-state index contributed by atoms with van der Waals surface area (Å²) in [6.07, 6.45) is -1.68. The third-order valence-corrected chi connectivity index (χ3v) is 4.99. The highest BCUT2D eigenvalue weighted by Gasteiger charge is 2.31. The molecule has 0 aliphatic heterocycles. The molecule has 2 N–H and O–H groups in total. The maximum absolute atomic E-state index is 13.2. The fourth-order valence-electron chi connectivity index (χ4n) is 3.42. The SMILES string of the molecule is COc1ccccc1C(O)c1cc(Cl)cc(OC)c1N(CC(C)(C)C)C(=O)CCC(=O)O. The van der Waals surface area contributed by atoms with Crippen LogP contribution >= 0.6 is 11.6 Å². The highest BCUT2D eigenvalue weighted by Crippen LogP contribution is 2.43. The number of carboxylic acids is 1. The zero-order valence-corrected chi connectivity index (χ0v) is 19.8.